The SMILES string of the molecule is CCNCc1cc(C)nc(-c2ccnc(C)n2)n1. The second kappa shape index (κ2) is 5.64. The number of hydrogen-bond acceptors (Lipinski definition) is 5. The molecule has 0 spiro atoms. The molecule has 2 rings (SSSR count). The fourth-order valence-corrected chi connectivity index (χ4v) is 1.67. The highest BCUT2D eigenvalue weighted by molar-refractivity contribution is 5.48. The summed E-state index contributed by atoms with van der Waals surface area (Å²) in [6, 6.07) is 3.82. The van der Waals surface area contributed by atoms with Crippen LogP contribution in [-0.2, 0) is 6.54 Å². The van der Waals surface area contributed by atoms with Gasteiger partial charge in [-0.25, -0.2) is 19.9 Å². The van der Waals surface area contributed by atoms with Crippen LogP contribution in [0.3, 0.4) is 0 Å². The molecule has 0 bridgehead atoms. The summed E-state index contributed by atoms with van der Waals surface area (Å²) >= 11 is 0. The van der Waals surface area contributed by atoms with Gasteiger partial charge in [-0.2, -0.15) is 0 Å². The van der Waals surface area contributed by atoms with Gasteiger partial charge < -0.3 is 5.32 Å². The Labute approximate surface area is 107 Å². The monoisotopic (exact) mass is 243 g/mol. The van der Waals surface area contributed by atoms with Crippen molar-refractivity contribution in [3.05, 3.63) is 35.5 Å². The van der Waals surface area contributed by atoms with Crippen molar-refractivity contribution >= 4 is 0 Å². The molecule has 0 aliphatic heterocycles. The van der Waals surface area contributed by atoms with E-state index in [2.05, 4.69) is 32.2 Å². The Morgan fingerprint density at radius 1 is 1.17 bits per heavy atom. The molecule has 0 saturated carbocycles. The largest absolute Gasteiger partial charge is 0.311 e. The lowest BCUT2D eigenvalue weighted by Crippen LogP contribution is -2.14. The van der Waals surface area contributed by atoms with Gasteiger partial charge in [-0.3, -0.25) is 0 Å². The van der Waals surface area contributed by atoms with Crippen molar-refractivity contribution in [3.63, 3.8) is 0 Å². The summed E-state index contributed by atoms with van der Waals surface area (Å²) in [5.41, 5.74) is 2.70. The molecule has 5 heteroatoms. The molecule has 0 fully saturated rings. The number of nitrogens with zero attached hydrogens (tertiary/aromatic N) is 4. The van der Waals surface area contributed by atoms with Crippen LogP contribution in [0.15, 0.2) is 18.3 Å². The fraction of sp³-hybridized carbons (Fsp3) is 0.385. The molecule has 0 aliphatic rings. The lowest BCUT2D eigenvalue weighted by molar-refractivity contribution is 0.707. The van der Waals surface area contributed by atoms with Crippen LogP contribution in [0.1, 0.15) is 24.1 Å². The summed E-state index contributed by atoms with van der Waals surface area (Å²) < 4.78 is 0. The van der Waals surface area contributed by atoms with Crippen LogP contribution < -0.4 is 5.32 Å². The Morgan fingerprint density at radius 2 is 2.00 bits per heavy atom. The van der Waals surface area contributed by atoms with Crippen LogP contribution in [0, 0.1) is 13.8 Å². The van der Waals surface area contributed by atoms with E-state index >= 15 is 0 Å². The molecule has 2 heterocycles. The predicted octanol–water partition coefficient (Wildman–Crippen LogP) is 1.66. The third-order valence-corrected chi connectivity index (χ3v) is 2.47. The van der Waals surface area contributed by atoms with Crippen molar-refractivity contribution < 1.29 is 0 Å². The van der Waals surface area contributed by atoms with Gasteiger partial charge in [0.2, 0.25) is 0 Å². The Bertz CT molecular complexity index is 539. The molecule has 0 aromatic carbocycles. The average molecular weight is 243 g/mol. The Morgan fingerprint density at radius 3 is 2.72 bits per heavy atom. The zero-order chi connectivity index (χ0) is 13.0. The molecule has 1 N–H and O–H groups in total. The smallest absolute Gasteiger partial charge is 0.178 e. The molecule has 18 heavy (non-hydrogen) atoms. The highest BCUT2D eigenvalue weighted by atomic mass is 15.0. The van der Waals surface area contributed by atoms with Gasteiger partial charge in [0, 0.05) is 18.4 Å². The molecule has 0 unspecified atom stereocenters. The van der Waals surface area contributed by atoms with E-state index in [1.54, 1.807) is 6.20 Å². The van der Waals surface area contributed by atoms with E-state index in [1.165, 1.54) is 0 Å². The van der Waals surface area contributed by atoms with Crippen molar-refractivity contribution in [2.24, 2.45) is 0 Å². The minimum absolute atomic E-state index is 0.661. The maximum absolute atomic E-state index is 4.52. The molecule has 5 nitrogen and oxygen atoms in total. The van der Waals surface area contributed by atoms with E-state index in [4.69, 9.17) is 0 Å². The summed E-state index contributed by atoms with van der Waals surface area (Å²) in [5.74, 6) is 1.39. The number of aryl methyl sites for hydroxylation is 2. The van der Waals surface area contributed by atoms with E-state index < -0.39 is 0 Å². The average Bonchev–Trinajstić information content (AvgIpc) is 2.36. The summed E-state index contributed by atoms with van der Waals surface area (Å²) in [5, 5.41) is 3.26. The normalized spacial score (nSPS) is 10.6. The molecule has 0 aliphatic carbocycles. The molecule has 2 aromatic rings. The fourth-order valence-electron chi connectivity index (χ4n) is 1.67. The van der Waals surface area contributed by atoms with E-state index in [0.29, 0.717) is 5.82 Å². The molecule has 0 amide bonds. The molecule has 0 atom stereocenters. The quantitative estimate of drug-likeness (QED) is 0.884. The number of rotatable bonds is 4. The van der Waals surface area contributed by atoms with Crippen LogP contribution in [0.25, 0.3) is 11.5 Å². The lowest BCUT2D eigenvalue weighted by Gasteiger charge is -2.06. The minimum Gasteiger partial charge on any atom is -0.311 e. The van der Waals surface area contributed by atoms with E-state index in [1.807, 2.05) is 26.0 Å². The van der Waals surface area contributed by atoms with Gasteiger partial charge in [-0.1, -0.05) is 6.92 Å². The van der Waals surface area contributed by atoms with Gasteiger partial charge in [0.05, 0.1) is 5.69 Å². The summed E-state index contributed by atoms with van der Waals surface area (Å²) in [6.45, 7) is 7.57. The predicted molar refractivity (Wildman–Crippen MR) is 69.9 cm³/mol. The highest BCUT2D eigenvalue weighted by Crippen LogP contribution is 2.12. The first-order chi connectivity index (χ1) is 8.69. The number of nitrogens with one attached hydrogen (secondary N) is 1. The molecule has 0 radical (unpaired) electrons. The van der Waals surface area contributed by atoms with E-state index in [0.717, 1.165) is 36.0 Å². The second-order valence-electron chi connectivity index (χ2n) is 4.09. The van der Waals surface area contributed by atoms with Gasteiger partial charge in [0.15, 0.2) is 5.82 Å². The standard InChI is InChI=1S/C13H17N5/c1-4-14-8-11-7-9(2)16-13(18-11)12-5-6-15-10(3)17-12/h5-7,14H,4,8H2,1-3H3. The van der Waals surface area contributed by atoms with Crippen LogP contribution in [-0.4, -0.2) is 26.5 Å². The minimum atomic E-state index is 0.661. The van der Waals surface area contributed by atoms with Crippen molar-refractivity contribution in [3.8, 4) is 11.5 Å². The lowest BCUT2D eigenvalue weighted by atomic mass is 10.3. The molecule has 2 aromatic heterocycles. The summed E-state index contributed by atoms with van der Waals surface area (Å²) in [4.78, 5) is 17.4. The Balaban J connectivity index is 2.35. The van der Waals surface area contributed by atoms with Gasteiger partial charge in [0.25, 0.3) is 0 Å². The summed E-state index contributed by atoms with van der Waals surface area (Å²) in [7, 11) is 0. The highest BCUT2D eigenvalue weighted by Gasteiger charge is 2.06. The zero-order valence-corrected chi connectivity index (χ0v) is 10.9. The van der Waals surface area contributed by atoms with E-state index in [-0.39, 0.29) is 0 Å². The Hall–Kier alpha value is -1.88. The zero-order valence-electron chi connectivity index (χ0n) is 10.9. The third-order valence-electron chi connectivity index (χ3n) is 2.47. The molecule has 94 valence electrons. The molecule has 0 saturated heterocycles. The van der Waals surface area contributed by atoms with Gasteiger partial charge in [0.1, 0.15) is 11.5 Å². The van der Waals surface area contributed by atoms with Gasteiger partial charge in [-0.05, 0) is 32.5 Å². The maximum Gasteiger partial charge on any atom is 0.178 e. The Kier molecular flexibility index (Phi) is 3.94. The maximum atomic E-state index is 4.52. The van der Waals surface area contributed by atoms with Crippen molar-refractivity contribution in [2.45, 2.75) is 27.3 Å². The van der Waals surface area contributed by atoms with Crippen LogP contribution in [0.4, 0.5) is 0 Å². The second-order valence-corrected chi connectivity index (χ2v) is 4.09. The topological polar surface area (TPSA) is 63.6 Å². The first kappa shape index (κ1) is 12.6. The van der Waals surface area contributed by atoms with Crippen molar-refractivity contribution in [1.82, 2.24) is 25.3 Å². The van der Waals surface area contributed by atoms with Gasteiger partial charge >= 0.3 is 0 Å². The van der Waals surface area contributed by atoms with E-state index in [9.17, 15) is 0 Å². The van der Waals surface area contributed by atoms with Crippen LogP contribution >= 0.6 is 0 Å². The van der Waals surface area contributed by atoms with Crippen LogP contribution in [0.2, 0.25) is 0 Å². The number of aromatic nitrogens is 4. The first-order valence-corrected chi connectivity index (χ1v) is 6.04. The molecular weight excluding hydrogens is 226 g/mol. The van der Waals surface area contributed by atoms with Gasteiger partial charge in [-0.15, -0.1) is 0 Å². The van der Waals surface area contributed by atoms with Crippen molar-refractivity contribution in [1.29, 1.82) is 0 Å². The summed E-state index contributed by atoms with van der Waals surface area (Å²) in [6.07, 6.45) is 1.73. The third kappa shape index (κ3) is 3.07. The number of hydrogen-bond donors (Lipinski definition) is 1. The van der Waals surface area contributed by atoms with Crippen LogP contribution in [0.5, 0.6) is 0 Å². The first-order valence-electron chi connectivity index (χ1n) is 6.04. The molecular formula is C13H17N5. The van der Waals surface area contributed by atoms with Crippen molar-refractivity contribution in [2.75, 3.05) is 6.54 Å².